The van der Waals surface area contributed by atoms with Gasteiger partial charge in [-0.05, 0) is 24.6 Å². The number of carbonyl (C=O) groups excluding carboxylic acids is 1. The van der Waals surface area contributed by atoms with Crippen LogP contribution in [-0.2, 0) is 9.53 Å². The van der Waals surface area contributed by atoms with E-state index in [9.17, 15) is 14.0 Å². The predicted molar refractivity (Wildman–Crippen MR) is 74.4 cm³/mol. The zero-order chi connectivity index (χ0) is 15.8. The molecule has 1 aromatic carbocycles. The number of benzene rings is 1. The lowest BCUT2D eigenvalue weighted by Crippen LogP contribution is -2.41. The zero-order valence-electron chi connectivity index (χ0n) is 11.9. The normalized spacial score (nSPS) is 13.3. The maximum absolute atomic E-state index is 13.1. The van der Waals surface area contributed by atoms with Crippen molar-refractivity contribution >= 4 is 12.0 Å². The fourth-order valence-electron chi connectivity index (χ4n) is 1.75. The van der Waals surface area contributed by atoms with Gasteiger partial charge >= 0.3 is 12.0 Å². The van der Waals surface area contributed by atoms with Gasteiger partial charge in [-0.3, -0.25) is 4.79 Å². The van der Waals surface area contributed by atoms with Crippen LogP contribution in [0.4, 0.5) is 9.18 Å². The molecule has 3 N–H and O–H groups in total. The molecule has 0 aromatic heterocycles. The second-order valence-electron chi connectivity index (χ2n) is 4.59. The Morgan fingerprint density at radius 2 is 2.14 bits per heavy atom. The highest BCUT2D eigenvalue weighted by molar-refractivity contribution is 5.74. The van der Waals surface area contributed by atoms with Gasteiger partial charge < -0.3 is 20.5 Å². The van der Waals surface area contributed by atoms with Crippen molar-refractivity contribution in [3.63, 3.8) is 0 Å². The fraction of sp³-hybridized carbons (Fsp3) is 0.429. The molecule has 21 heavy (non-hydrogen) atoms. The Labute approximate surface area is 122 Å². The van der Waals surface area contributed by atoms with Gasteiger partial charge in [0.1, 0.15) is 5.82 Å². The molecule has 2 amide bonds. The molecule has 1 aromatic rings. The van der Waals surface area contributed by atoms with Crippen molar-refractivity contribution in [2.24, 2.45) is 0 Å². The molecule has 0 spiro atoms. The first kappa shape index (κ1) is 16.9. The lowest BCUT2D eigenvalue weighted by atomic mass is 10.1. The number of hydrogen-bond donors (Lipinski definition) is 3. The third kappa shape index (κ3) is 6.22. The molecule has 2 atom stereocenters. The van der Waals surface area contributed by atoms with Gasteiger partial charge in [0.05, 0.1) is 18.6 Å². The molecule has 0 aliphatic rings. The van der Waals surface area contributed by atoms with E-state index >= 15 is 0 Å². The Hall–Kier alpha value is -2.15. The minimum Gasteiger partial charge on any atom is -0.481 e. The molecular formula is C14H19FN2O4. The molecule has 0 fully saturated rings. The molecule has 1 rings (SSSR count). The molecular weight excluding hydrogens is 279 g/mol. The van der Waals surface area contributed by atoms with Crippen molar-refractivity contribution in [1.29, 1.82) is 0 Å². The Bertz CT molecular complexity index is 496. The zero-order valence-corrected chi connectivity index (χ0v) is 11.9. The third-order valence-electron chi connectivity index (χ3n) is 2.92. The van der Waals surface area contributed by atoms with Crippen LogP contribution in [0.25, 0.3) is 0 Å². The summed E-state index contributed by atoms with van der Waals surface area (Å²) in [4.78, 5) is 22.3. The van der Waals surface area contributed by atoms with Crippen LogP contribution in [0.1, 0.15) is 24.9 Å². The average Bonchev–Trinajstić information content (AvgIpc) is 2.43. The highest BCUT2D eigenvalue weighted by Gasteiger charge is 2.15. The van der Waals surface area contributed by atoms with E-state index in [2.05, 4.69) is 10.6 Å². The van der Waals surface area contributed by atoms with Gasteiger partial charge in [0.15, 0.2) is 0 Å². The number of carboxylic acids is 1. The Kier molecular flexibility index (Phi) is 6.61. The van der Waals surface area contributed by atoms with Crippen LogP contribution in [0.5, 0.6) is 0 Å². The molecule has 6 nitrogen and oxygen atoms in total. The topological polar surface area (TPSA) is 87.7 Å². The van der Waals surface area contributed by atoms with E-state index in [4.69, 9.17) is 9.84 Å². The fourth-order valence-corrected chi connectivity index (χ4v) is 1.75. The van der Waals surface area contributed by atoms with Gasteiger partial charge in [-0.2, -0.15) is 0 Å². The number of nitrogens with one attached hydrogen (secondary N) is 2. The summed E-state index contributed by atoms with van der Waals surface area (Å²) in [5.41, 5.74) is 0.638. The maximum Gasteiger partial charge on any atom is 0.315 e. The Balaban J connectivity index is 2.44. The van der Waals surface area contributed by atoms with E-state index in [0.29, 0.717) is 5.56 Å². The Morgan fingerprint density at radius 3 is 2.71 bits per heavy atom. The Morgan fingerprint density at radius 1 is 1.43 bits per heavy atom. The van der Waals surface area contributed by atoms with Gasteiger partial charge in [0.25, 0.3) is 0 Å². The van der Waals surface area contributed by atoms with Crippen LogP contribution in [0.2, 0.25) is 0 Å². The van der Waals surface area contributed by atoms with Crippen LogP contribution in [0.15, 0.2) is 24.3 Å². The van der Waals surface area contributed by atoms with Gasteiger partial charge in [0, 0.05) is 13.7 Å². The van der Waals surface area contributed by atoms with Crippen LogP contribution in [-0.4, -0.2) is 36.9 Å². The molecule has 2 unspecified atom stereocenters. The van der Waals surface area contributed by atoms with Crippen molar-refractivity contribution in [1.82, 2.24) is 10.6 Å². The van der Waals surface area contributed by atoms with Gasteiger partial charge in [-0.25, -0.2) is 9.18 Å². The number of carbonyl (C=O) groups is 2. The van der Waals surface area contributed by atoms with E-state index in [1.165, 1.54) is 19.2 Å². The number of ether oxygens (including phenoxy) is 1. The second kappa shape index (κ2) is 8.21. The lowest BCUT2D eigenvalue weighted by molar-refractivity contribution is -0.139. The molecule has 0 radical (unpaired) electrons. The smallest absolute Gasteiger partial charge is 0.315 e. The van der Waals surface area contributed by atoms with E-state index in [1.54, 1.807) is 19.1 Å². The summed E-state index contributed by atoms with van der Waals surface area (Å²) in [5, 5.41) is 13.8. The highest BCUT2D eigenvalue weighted by atomic mass is 19.1. The van der Waals surface area contributed by atoms with Crippen LogP contribution < -0.4 is 10.6 Å². The number of hydrogen-bond acceptors (Lipinski definition) is 3. The van der Waals surface area contributed by atoms with Crippen molar-refractivity contribution in [3.05, 3.63) is 35.6 Å². The summed E-state index contributed by atoms with van der Waals surface area (Å²) in [6, 6.07) is 5.09. The van der Waals surface area contributed by atoms with Crippen molar-refractivity contribution < 1.29 is 23.8 Å². The molecule has 0 saturated heterocycles. The molecule has 0 saturated carbocycles. The first-order valence-electron chi connectivity index (χ1n) is 6.46. The van der Waals surface area contributed by atoms with E-state index in [1.807, 2.05) is 0 Å². The number of urea groups is 1. The van der Waals surface area contributed by atoms with E-state index in [-0.39, 0.29) is 24.8 Å². The summed E-state index contributed by atoms with van der Waals surface area (Å²) >= 11 is 0. The SMILES string of the molecule is COC(CNC(=O)NC(C)c1cccc(F)c1)CC(=O)O. The average molecular weight is 298 g/mol. The van der Waals surface area contributed by atoms with Gasteiger partial charge in [-0.1, -0.05) is 12.1 Å². The first-order valence-corrected chi connectivity index (χ1v) is 6.46. The summed E-state index contributed by atoms with van der Waals surface area (Å²) in [5.74, 6) is -1.38. The second-order valence-corrected chi connectivity index (χ2v) is 4.59. The highest BCUT2D eigenvalue weighted by Crippen LogP contribution is 2.13. The number of aliphatic carboxylic acids is 1. The maximum atomic E-state index is 13.1. The van der Waals surface area contributed by atoms with Crippen LogP contribution in [0, 0.1) is 5.82 Å². The summed E-state index contributed by atoms with van der Waals surface area (Å²) in [6.45, 7) is 1.80. The molecule has 116 valence electrons. The molecule has 0 aliphatic carbocycles. The predicted octanol–water partition coefficient (Wildman–Crippen LogP) is 1.68. The monoisotopic (exact) mass is 298 g/mol. The number of rotatable bonds is 7. The van der Waals surface area contributed by atoms with Crippen molar-refractivity contribution in [3.8, 4) is 0 Å². The number of halogens is 1. The van der Waals surface area contributed by atoms with Gasteiger partial charge in [0.2, 0.25) is 0 Å². The summed E-state index contributed by atoms with van der Waals surface area (Å²) < 4.78 is 18.0. The number of methoxy groups -OCH3 is 1. The molecule has 7 heteroatoms. The minimum absolute atomic E-state index is 0.0739. The first-order chi connectivity index (χ1) is 9.92. The van der Waals surface area contributed by atoms with Crippen molar-refractivity contribution in [2.75, 3.05) is 13.7 Å². The van der Waals surface area contributed by atoms with E-state index < -0.39 is 18.1 Å². The summed E-state index contributed by atoms with van der Waals surface area (Å²) in [6.07, 6.45) is -0.798. The largest absolute Gasteiger partial charge is 0.481 e. The lowest BCUT2D eigenvalue weighted by Gasteiger charge is -2.17. The third-order valence-corrected chi connectivity index (χ3v) is 2.92. The molecule has 0 aliphatic heterocycles. The van der Waals surface area contributed by atoms with E-state index in [0.717, 1.165) is 0 Å². The molecule has 0 heterocycles. The van der Waals surface area contributed by atoms with Crippen LogP contribution >= 0.6 is 0 Å². The van der Waals surface area contributed by atoms with Crippen molar-refractivity contribution in [2.45, 2.75) is 25.5 Å². The number of amides is 2. The molecule has 0 bridgehead atoms. The van der Waals surface area contributed by atoms with Gasteiger partial charge in [-0.15, -0.1) is 0 Å². The number of carboxylic acid groups (broad SMARTS) is 1. The quantitative estimate of drug-likeness (QED) is 0.714. The van der Waals surface area contributed by atoms with Crippen LogP contribution in [0.3, 0.4) is 0 Å². The minimum atomic E-state index is -1.00. The standard InChI is InChI=1S/C14H19FN2O4/c1-9(10-4-3-5-11(15)6-10)17-14(20)16-8-12(21-2)7-13(18)19/h3-6,9,12H,7-8H2,1-2H3,(H,18,19)(H2,16,17,20). The summed E-state index contributed by atoms with van der Waals surface area (Å²) in [7, 11) is 1.38.